The van der Waals surface area contributed by atoms with Crippen LogP contribution in [-0.2, 0) is 11.3 Å². The highest BCUT2D eigenvalue weighted by molar-refractivity contribution is 5.98. The quantitative estimate of drug-likeness (QED) is 0.297. The molecule has 2 fully saturated rings. The Hall–Kier alpha value is -3.93. The second kappa shape index (κ2) is 9.85. The van der Waals surface area contributed by atoms with Crippen molar-refractivity contribution in [1.82, 2.24) is 14.9 Å². The Morgan fingerprint density at radius 1 is 0.946 bits per heavy atom. The minimum absolute atomic E-state index is 0.140. The third-order valence-corrected chi connectivity index (χ3v) is 7.42. The average Bonchev–Trinajstić information content (AvgIpc) is 3.86. The highest BCUT2D eigenvalue weighted by atomic mass is 16.5. The Bertz CT molecular complexity index is 1420. The summed E-state index contributed by atoms with van der Waals surface area (Å²) in [6.45, 7) is 2.57. The van der Waals surface area contributed by atoms with Crippen LogP contribution in [0.3, 0.4) is 0 Å². The van der Waals surface area contributed by atoms with Crippen molar-refractivity contribution in [2.24, 2.45) is 11.8 Å². The SMILES string of the molecule is CCOC(=O)c1ccc2nc(C(=O)NC(C3CC3)C3CC3)n(Cc3ccc(-c4ccccc4)cc3)c2c1. The van der Waals surface area contributed by atoms with Crippen LogP contribution in [0.2, 0.25) is 0 Å². The number of hydrogen-bond donors (Lipinski definition) is 1. The van der Waals surface area contributed by atoms with Crippen molar-refractivity contribution in [3.63, 3.8) is 0 Å². The summed E-state index contributed by atoms with van der Waals surface area (Å²) in [5, 5.41) is 3.32. The van der Waals surface area contributed by atoms with Crippen LogP contribution in [-0.4, -0.2) is 34.1 Å². The normalized spacial score (nSPS) is 15.2. The summed E-state index contributed by atoms with van der Waals surface area (Å²) in [6, 6.07) is 24.2. The van der Waals surface area contributed by atoms with Gasteiger partial charge in [-0.3, -0.25) is 4.79 Å². The molecule has 0 saturated heterocycles. The molecular formula is C31H31N3O3. The molecule has 1 aromatic heterocycles. The maximum absolute atomic E-state index is 13.6. The molecule has 1 N–H and O–H groups in total. The zero-order chi connectivity index (χ0) is 25.4. The number of benzene rings is 3. The third kappa shape index (κ3) is 5.01. The molecule has 0 unspecified atom stereocenters. The van der Waals surface area contributed by atoms with Crippen LogP contribution in [0.1, 0.15) is 59.1 Å². The van der Waals surface area contributed by atoms with Crippen molar-refractivity contribution in [2.75, 3.05) is 6.61 Å². The predicted octanol–water partition coefficient (Wildman–Crippen LogP) is 5.85. The topological polar surface area (TPSA) is 73.2 Å². The molecule has 3 aromatic carbocycles. The molecule has 0 radical (unpaired) electrons. The van der Waals surface area contributed by atoms with Crippen LogP contribution < -0.4 is 5.32 Å². The van der Waals surface area contributed by atoms with E-state index in [0.29, 0.717) is 41.9 Å². The van der Waals surface area contributed by atoms with E-state index < -0.39 is 0 Å². The summed E-state index contributed by atoms with van der Waals surface area (Å²) in [5.74, 6) is 1.05. The second-order valence-electron chi connectivity index (χ2n) is 10.2. The molecule has 6 rings (SSSR count). The minimum Gasteiger partial charge on any atom is -0.462 e. The fourth-order valence-electron chi connectivity index (χ4n) is 5.16. The van der Waals surface area contributed by atoms with Crippen molar-refractivity contribution in [2.45, 2.75) is 45.2 Å². The van der Waals surface area contributed by atoms with Crippen molar-refractivity contribution >= 4 is 22.9 Å². The zero-order valence-electron chi connectivity index (χ0n) is 21.0. The van der Waals surface area contributed by atoms with E-state index >= 15 is 0 Å². The van der Waals surface area contributed by atoms with Crippen LogP contribution in [0.15, 0.2) is 72.8 Å². The molecule has 6 nitrogen and oxygen atoms in total. The van der Waals surface area contributed by atoms with E-state index in [4.69, 9.17) is 9.72 Å². The Labute approximate surface area is 216 Å². The lowest BCUT2D eigenvalue weighted by Crippen LogP contribution is -2.39. The van der Waals surface area contributed by atoms with E-state index in [2.05, 4.69) is 41.7 Å². The van der Waals surface area contributed by atoms with Crippen LogP contribution in [0.25, 0.3) is 22.2 Å². The number of hydrogen-bond acceptors (Lipinski definition) is 4. The van der Waals surface area contributed by atoms with Gasteiger partial charge in [-0.1, -0.05) is 54.6 Å². The Morgan fingerprint density at radius 2 is 1.62 bits per heavy atom. The van der Waals surface area contributed by atoms with Gasteiger partial charge in [0.15, 0.2) is 5.82 Å². The van der Waals surface area contributed by atoms with Crippen molar-refractivity contribution in [3.05, 3.63) is 89.7 Å². The van der Waals surface area contributed by atoms with Gasteiger partial charge in [-0.2, -0.15) is 0 Å². The fraction of sp³-hybridized carbons (Fsp3) is 0.323. The second-order valence-corrected chi connectivity index (χ2v) is 10.2. The molecule has 6 heteroatoms. The molecule has 4 aromatic rings. The Morgan fingerprint density at radius 3 is 2.27 bits per heavy atom. The first-order chi connectivity index (χ1) is 18.1. The van der Waals surface area contributed by atoms with Crippen molar-refractivity contribution in [1.29, 1.82) is 0 Å². The van der Waals surface area contributed by atoms with Crippen LogP contribution >= 0.6 is 0 Å². The minimum atomic E-state index is -0.377. The summed E-state index contributed by atoms with van der Waals surface area (Å²) in [5.41, 5.74) is 5.24. The number of ether oxygens (including phenoxy) is 1. The summed E-state index contributed by atoms with van der Waals surface area (Å²) in [6.07, 6.45) is 4.76. The molecule has 2 aliphatic rings. The molecule has 1 heterocycles. The lowest BCUT2D eigenvalue weighted by atomic mass is 10.0. The number of carbonyl (C=O) groups excluding carboxylic acids is 2. The van der Waals surface area contributed by atoms with Gasteiger partial charge in [0.05, 0.1) is 23.2 Å². The summed E-state index contributed by atoms with van der Waals surface area (Å²) >= 11 is 0. The number of imidazole rings is 1. The summed E-state index contributed by atoms with van der Waals surface area (Å²) < 4.78 is 7.15. The molecular weight excluding hydrogens is 462 g/mol. The Kier molecular flexibility index (Phi) is 6.25. The van der Waals surface area contributed by atoms with E-state index in [1.165, 1.54) is 25.7 Å². The van der Waals surface area contributed by atoms with Gasteiger partial charge >= 0.3 is 5.97 Å². The van der Waals surface area contributed by atoms with Crippen molar-refractivity contribution < 1.29 is 14.3 Å². The van der Waals surface area contributed by atoms with Gasteiger partial charge in [0, 0.05) is 12.6 Å². The molecule has 0 bridgehead atoms. The van der Waals surface area contributed by atoms with Gasteiger partial charge in [-0.25, -0.2) is 9.78 Å². The standard InChI is InChI=1S/C31H31N3O3/c1-2-37-31(36)25-16-17-26-27(18-25)34(19-20-8-10-22(11-9-20)21-6-4-3-5-7-21)29(32-26)30(35)33-28(23-12-13-23)24-14-15-24/h3-11,16-18,23-24,28H,2,12-15,19H2,1H3,(H,33,35). The van der Waals surface area contributed by atoms with E-state index in [0.717, 1.165) is 22.2 Å². The molecule has 1 amide bonds. The maximum atomic E-state index is 13.6. The van der Waals surface area contributed by atoms with Gasteiger partial charge in [0.1, 0.15) is 0 Å². The molecule has 188 valence electrons. The van der Waals surface area contributed by atoms with Gasteiger partial charge in [-0.05, 0) is 79.3 Å². The number of amides is 1. The first kappa shape index (κ1) is 23.5. The van der Waals surface area contributed by atoms with Gasteiger partial charge in [0.25, 0.3) is 5.91 Å². The number of carbonyl (C=O) groups is 2. The number of aromatic nitrogens is 2. The Balaban J connectivity index is 1.35. The van der Waals surface area contributed by atoms with E-state index in [1.807, 2.05) is 22.8 Å². The van der Waals surface area contributed by atoms with Crippen molar-refractivity contribution in [3.8, 4) is 11.1 Å². The number of esters is 1. The molecule has 0 atom stereocenters. The molecule has 0 spiro atoms. The van der Waals surface area contributed by atoms with Crippen LogP contribution in [0.4, 0.5) is 0 Å². The number of fused-ring (bicyclic) bond motifs is 1. The van der Waals surface area contributed by atoms with Crippen LogP contribution in [0, 0.1) is 11.8 Å². The van der Waals surface area contributed by atoms with E-state index in [-0.39, 0.29) is 17.9 Å². The lowest BCUT2D eigenvalue weighted by Gasteiger charge is -2.18. The number of rotatable bonds is 9. The van der Waals surface area contributed by atoms with E-state index in [1.54, 1.807) is 25.1 Å². The zero-order valence-corrected chi connectivity index (χ0v) is 21.0. The highest BCUT2D eigenvalue weighted by Crippen LogP contribution is 2.44. The largest absolute Gasteiger partial charge is 0.462 e. The van der Waals surface area contributed by atoms with Gasteiger partial charge in [-0.15, -0.1) is 0 Å². The van der Waals surface area contributed by atoms with Crippen LogP contribution in [0.5, 0.6) is 0 Å². The first-order valence-electron chi connectivity index (χ1n) is 13.2. The molecule has 37 heavy (non-hydrogen) atoms. The fourth-order valence-corrected chi connectivity index (χ4v) is 5.16. The lowest BCUT2D eigenvalue weighted by molar-refractivity contribution is 0.0526. The van der Waals surface area contributed by atoms with E-state index in [9.17, 15) is 9.59 Å². The summed E-state index contributed by atoms with van der Waals surface area (Å²) in [4.78, 5) is 30.8. The number of nitrogens with one attached hydrogen (secondary N) is 1. The molecule has 2 aliphatic carbocycles. The predicted molar refractivity (Wildman–Crippen MR) is 143 cm³/mol. The molecule has 0 aliphatic heterocycles. The maximum Gasteiger partial charge on any atom is 0.338 e. The molecule has 2 saturated carbocycles. The monoisotopic (exact) mass is 493 g/mol. The number of nitrogens with zero attached hydrogens (tertiary/aromatic N) is 2. The third-order valence-electron chi connectivity index (χ3n) is 7.42. The smallest absolute Gasteiger partial charge is 0.338 e. The first-order valence-corrected chi connectivity index (χ1v) is 13.2. The van der Waals surface area contributed by atoms with Gasteiger partial charge < -0.3 is 14.6 Å². The average molecular weight is 494 g/mol. The summed E-state index contributed by atoms with van der Waals surface area (Å²) in [7, 11) is 0. The highest BCUT2D eigenvalue weighted by Gasteiger charge is 2.42. The van der Waals surface area contributed by atoms with Gasteiger partial charge in [0.2, 0.25) is 0 Å².